The predicted octanol–water partition coefficient (Wildman–Crippen LogP) is 1.87. The molecule has 0 aliphatic carbocycles. The fraction of sp³-hybridized carbons (Fsp3) is 0.368. The van der Waals surface area contributed by atoms with E-state index in [1.54, 1.807) is 6.20 Å². The molecule has 0 saturated carbocycles. The summed E-state index contributed by atoms with van der Waals surface area (Å²) in [6.07, 6.45) is 3.64. The highest BCUT2D eigenvalue weighted by atomic mass is 15.3. The second-order valence-electron chi connectivity index (χ2n) is 6.36. The van der Waals surface area contributed by atoms with Crippen LogP contribution in [0.3, 0.4) is 0 Å². The summed E-state index contributed by atoms with van der Waals surface area (Å²) < 4.78 is 3.69. The molecule has 0 atom stereocenters. The van der Waals surface area contributed by atoms with Crippen molar-refractivity contribution >= 4 is 5.96 Å². The van der Waals surface area contributed by atoms with Gasteiger partial charge in [0.1, 0.15) is 0 Å². The molecule has 0 spiro atoms. The Morgan fingerprint density at radius 3 is 2.63 bits per heavy atom. The van der Waals surface area contributed by atoms with Crippen molar-refractivity contribution in [2.24, 2.45) is 12.0 Å². The van der Waals surface area contributed by atoms with Crippen molar-refractivity contribution in [1.29, 1.82) is 0 Å². The first-order valence-corrected chi connectivity index (χ1v) is 9.04. The molecule has 3 heterocycles. The van der Waals surface area contributed by atoms with E-state index >= 15 is 0 Å². The van der Waals surface area contributed by atoms with Crippen LogP contribution in [0.15, 0.2) is 41.7 Å². The molecular formula is C19H26N8. The van der Waals surface area contributed by atoms with Crippen LogP contribution in [-0.4, -0.2) is 37.0 Å². The topological polar surface area (TPSA) is 84.9 Å². The number of guanidine groups is 1. The van der Waals surface area contributed by atoms with Gasteiger partial charge >= 0.3 is 0 Å². The summed E-state index contributed by atoms with van der Waals surface area (Å²) in [6, 6.07) is 8.03. The lowest BCUT2D eigenvalue weighted by Gasteiger charge is -2.11. The highest BCUT2D eigenvalue weighted by Crippen LogP contribution is 2.10. The number of hydrogen-bond acceptors (Lipinski definition) is 4. The minimum atomic E-state index is 0.547. The van der Waals surface area contributed by atoms with Crippen molar-refractivity contribution in [3.8, 4) is 5.82 Å². The highest BCUT2D eigenvalue weighted by molar-refractivity contribution is 5.79. The molecule has 0 aliphatic rings. The Bertz CT molecular complexity index is 904. The third kappa shape index (κ3) is 4.72. The van der Waals surface area contributed by atoms with E-state index in [0.29, 0.717) is 13.1 Å². The maximum absolute atomic E-state index is 4.64. The van der Waals surface area contributed by atoms with E-state index in [2.05, 4.69) is 30.8 Å². The average molecular weight is 366 g/mol. The smallest absolute Gasteiger partial charge is 0.191 e. The van der Waals surface area contributed by atoms with Crippen LogP contribution in [0.4, 0.5) is 0 Å². The van der Waals surface area contributed by atoms with Gasteiger partial charge in [-0.2, -0.15) is 10.2 Å². The zero-order valence-electron chi connectivity index (χ0n) is 16.3. The van der Waals surface area contributed by atoms with Crippen LogP contribution < -0.4 is 10.6 Å². The summed E-state index contributed by atoms with van der Waals surface area (Å²) in [4.78, 5) is 9.16. The molecule has 0 aromatic carbocycles. The predicted molar refractivity (Wildman–Crippen MR) is 106 cm³/mol. The van der Waals surface area contributed by atoms with E-state index in [-0.39, 0.29) is 0 Å². The Hall–Kier alpha value is -3.16. The van der Waals surface area contributed by atoms with Crippen molar-refractivity contribution in [1.82, 2.24) is 35.2 Å². The molecule has 0 fully saturated rings. The van der Waals surface area contributed by atoms with Gasteiger partial charge in [-0.25, -0.2) is 14.7 Å². The van der Waals surface area contributed by atoms with E-state index in [0.717, 1.165) is 41.0 Å². The number of aryl methyl sites for hydroxylation is 3. The first kappa shape index (κ1) is 18.6. The number of aliphatic imine (C=N–C) groups is 1. The summed E-state index contributed by atoms with van der Waals surface area (Å²) in [5.41, 5.74) is 4.19. The van der Waals surface area contributed by atoms with Gasteiger partial charge in [0.05, 0.1) is 24.5 Å². The van der Waals surface area contributed by atoms with Gasteiger partial charge in [0.2, 0.25) is 0 Å². The van der Waals surface area contributed by atoms with Gasteiger partial charge in [-0.3, -0.25) is 4.68 Å². The normalized spacial score (nSPS) is 11.6. The second kappa shape index (κ2) is 8.48. The van der Waals surface area contributed by atoms with Crippen LogP contribution in [0.25, 0.3) is 5.82 Å². The number of nitrogens with one attached hydrogen (secondary N) is 2. The molecule has 2 N–H and O–H groups in total. The van der Waals surface area contributed by atoms with Gasteiger partial charge in [-0.15, -0.1) is 0 Å². The van der Waals surface area contributed by atoms with Crippen LogP contribution in [0, 0.1) is 13.8 Å². The molecule has 8 heteroatoms. The number of nitrogens with zero attached hydrogens (tertiary/aromatic N) is 6. The molecule has 3 rings (SSSR count). The van der Waals surface area contributed by atoms with Crippen molar-refractivity contribution in [3.05, 3.63) is 59.3 Å². The third-order valence-electron chi connectivity index (χ3n) is 4.16. The van der Waals surface area contributed by atoms with Crippen LogP contribution >= 0.6 is 0 Å². The standard InChI is InChI=1S/C19H26N8/c1-5-20-19(23-13-17-8-9-24-26(17)4)22-12-16-6-7-18(21-11-16)27-15(3)10-14(2)25-27/h6-11H,5,12-13H2,1-4H3,(H2,20,22,23). The zero-order chi connectivity index (χ0) is 19.2. The summed E-state index contributed by atoms with van der Waals surface area (Å²) >= 11 is 0. The maximum Gasteiger partial charge on any atom is 0.191 e. The van der Waals surface area contributed by atoms with E-state index in [1.807, 2.05) is 67.6 Å². The van der Waals surface area contributed by atoms with E-state index < -0.39 is 0 Å². The Morgan fingerprint density at radius 2 is 2.04 bits per heavy atom. The summed E-state index contributed by atoms with van der Waals surface area (Å²) in [7, 11) is 1.93. The molecule has 0 saturated heterocycles. The van der Waals surface area contributed by atoms with Crippen molar-refractivity contribution in [3.63, 3.8) is 0 Å². The van der Waals surface area contributed by atoms with E-state index in [9.17, 15) is 0 Å². The number of aromatic nitrogens is 5. The average Bonchev–Trinajstić information content (AvgIpc) is 3.22. The third-order valence-corrected chi connectivity index (χ3v) is 4.16. The Morgan fingerprint density at radius 1 is 1.19 bits per heavy atom. The SMILES string of the molecule is CCNC(=NCc1ccc(-n2nc(C)cc2C)nc1)NCc1ccnn1C. The Balaban J connectivity index is 1.65. The number of pyridine rings is 1. The molecule has 0 amide bonds. The van der Waals surface area contributed by atoms with Gasteiger partial charge < -0.3 is 10.6 Å². The fourth-order valence-electron chi connectivity index (χ4n) is 2.76. The lowest BCUT2D eigenvalue weighted by Crippen LogP contribution is -2.37. The van der Waals surface area contributed by atoms with Gasteiger partial charge in [-0.05, 0) is 44.5 Å². The van der Waals surface area contributed by atoms with Crippen LogP contribution in [0.2, 0.25) is 0 Å². The zero-order valence-corrected chi connectivity index (χ0v) is 16.3. The van der Waals surface area contributed by atoms with Gasteiger partial charge in [0, 0.05) is 31.7 Å². The quantitative estimate of drug-likeness (QED) is 0.514. The van der Waals surface area contributed by atoms with Crippen LogP contribution in [-0.2, 0) is 20.1 Å². The van der Waals surface area contributed by atoms with E-state index in [1.165, 1.54) is 0 Å². The Labute approximate surface area is 159 Å². The molecule has 27 heavy (non-hydrogen) atoms. The van der Waals surface area contributed by atoms with Crippen LogP contribution in [0.5, 0.6) is 0 Å². The number of rotatable bonds is 6. The second-order valence-corrected chi connectivity index (χ2v) is 6.36. The van der Waals surface area contributed by atoms with Gasteiger partial charge in [-0.1, -0.05) is 6.07 Å². The summed E-state index contributed by atoms with van der Waals surface area (Å²) in [5, 5.41) is 15.2. The fourth-order valence-corrected chi connectivity index (χ4v) is 2.76. The summed E-state index contributed by atoms with van der Waals surface area (Å²) in [5.74, 6) is 1.58. The van der Waals surface area contributed by atoms with Gasteiger partial charge in [0.15, 0.2) is 11.8 Å². The minimum absolute atomic E-state index is 0.547. The molecule has 8 nitrogen and oxygen atoms in total. The first-order valence-electron chi connectivity index (χ1n) is 9.04. The van der Waals surface area contributed by atoms with Crippen molar-refractivity contribution in [2.75, 3.05) is 6.54 Å². The minimum Gasteiger partial charge on any atom is -0.357 e. The lowest BCUT2D eigenvalue weighted by molar-refractivity contribution is 0.685. The highest BCUT2D eigenvalue weighted by Gasteiger charge is 2.05. The van der Waals surface area contributed by atoms with Crippen LogP contribution in [0.1, 0.15) is 29.6 Å². The molecule has 3 aromatic heterocycles. The molecule has 3 aromatic rings. The largest absolute Gasteiger partial charge is 0.357 e. The van der Waals surface area contributed by atoms with Gasteiger partial charge in [0.25, 0.3) is 0 Å². The number of hydrogen-bond donors (Lipinski definition) is 2. The molecular weight excluding hydrogens is 340 g/mol. The molecule has 0 bridgehead atoms. The molecule has 142 valence electrons. The Kier molecular flexibility index (Phi) is 5.85. The monoisotopic (exact) mass is 366 g/mol. The molecule has 0 unspecified atom stereocenters. The first-order chi connectivity index (χ1) is 13.1. The summed E-state index contributed by atoms with van der Waals surface area (Å²) in [6.45, 7) is 8.06. The van der Waals surface area contributed by atoms with E-state index in [4.69, 9.17) is 0 Å². The van der Waals surface area contributed by atoms with Crippen molar-refractivity contribution in [2.45, 2.75) is 33.9 Å². The molecule has 0 aliphatic heterocycles. The molecule has 0 radical (unpaired) electrons. The van der Waals surface area contributed by atoms with Crippen molar-refractivity contribution < 1.29 is 0 Å². The maximum atomic E-state index is 4.64. The lowest BCUT2D eigenvalue weighted by atomic mass is 10.3.